The Hall–Kier alpha value is -1.99. The standard InChI is InChI=1S/C12H12ClFN4O2/c1-12(20,7-18-6-9(14)4-16-18)11(19)17-10-2-8(13)3-15-5-10/h2-6,20H,7H2,1H3,(H,17,19)/t12-/m0/s1. The summed E-state index contributed by atoms with van der Waals surface area (Å²) in [6.07, 6.45) is 4.90. The lowest BCUT2D eigenvalue weighted by Crippen LogP contribution is -2.43. The molecule has 0 bridgehead atoms. The van der Waals surface area contributed by atoms with Gasteiger partial charge < -0.3 is 10.4 Å². The maximum atomic E-state index is 12.8. The van der Waals surface area contributed by atoms with Crippen LogP contribution in [-0.2, 0) is 11.3 Å². The Morgan fingerprint density at radius 1 is 1.55 bits per heavy atom. The quantitative estimate of drug-likeness (QED) is 0.895. The maximum Gasteiger partial charge on any atom is 0.258 e. The Morgan fingerprint density at radius 3 is 2.90 bits per heavy atom. The summed E-state index contributed by atoms with van der Waals surface area (Å²) in [5, 5.41) is 16.6. The molecule has 1 amide bonds. The van der Waals surface area contributed by atoms with Crippen molar-refractivity contribution in [2.24, 2.45) is 0 Å². The van der Waals surface area contributed by atoms with Crippen molar-refractivity contribution in [2.75, 3.05) is 5.32 Å². The summed E-state index contributed by atoms with van der Waals surface area (Å²) in [5.74, 6) is -1.21. The third-order valence-corrected chi connectivity index (χ3v) is 2.73. The predicted octanol–water partition coefficient (Wildman–Crippen LogP) is 1.46. The van der Waals surface area contributed by atoms with Crippen LogP contribution in [0.5, 0.6) is 0 Å². The number of rotatable bonds is 4. The van der Waals surface area contributed by atoms with Crippen LogP contribution in [0.4, 0.5) is 10.1 Å². The van der Waals surface area contributed by atoms with Gasteiger partial charge in [-0.05, 0) is 13.0 Å². The molecule has 0 aliphatic heterocycles. The maximum absolute atomic E-state index is 12.8. The number of carbonyl (C=O) groups is 1. The van der Waals surface area contributed by atoms with E-state index in [4.69, 9.17) is 11.6 Å². The highest BCUT2D eigenvalue weighted by Gasteiger charge is 2.31. The Morgan fingerprint density at radius 2 is 2.30 bits per heavy atom. The van der Waals surface area contributed by atoms with Gasteiger partial charge in [-0.3, -0.25) is 14.5 Å². The fourth-order valence-corrected chi connectivity index (χ4v) is 1.73. The Bertz CT molecular complexity index is 629. The van der Waals surface area contributed by atoms with Gasteiger partial charge in [0.2, 0.25) is 0 Å². The number of hydrogen-bond donors (Lipinski definition) is 2. The molecule has 0 radical (unpaired) electrons. The number of nitrogens with one attached hydrogen (secondary N) is 1. The lowest BCUT2D eigenvalue weighted by atomic mass is 10.1. The van der Waals surface area contributed by atoms with Gasteiger partial charge in [0.15, 0.2) is 11.4 Å². The van der Waals surface area contributed by atoms with Crippen molar-refractivity contribution >= 4 is 23.2 Å². The summed E-state index contributed by atoms with van der Waals surface area (Å²) in [4.78, 5) is 15.8. The number of carbonyl (C=O) groups excluding carboxylic acids is 1. The van der Waals surface area contributed by atoms with Gasteiger partial charge in [0.05, 0.1) is 35.8 Å². The van der Waals surface area contributed by atoms with E-state index in [9.17, 15) is 14.3 Å². The molecule has 0 aliphatic carbocycles. The summed E-state index contributed by atoms with van der Waals surface area (Å²) >= 11 is 5.74. The molecule has 0 saturated heterocycles. The topological polar surface area (TPSA) is 80.0 Å². The van der Waals surface area contributed by atoms with Gasteiger partial charge in [-0.15, -0.1) is 0 Å². The first-order chi connectivity index (χ1) is 9.37. The van der Waals surface area contributed by atoms with E-state index in [-0.39, 0.29) is 6.54 Å². The molecular weight excluding hydrogens is 287 g/mol. The van der Waals surface area contributed by atoms with Gasteiger partial charge in [0.25, 0.3) is 5.91 Å². The van der Waals surface area contributed by atoms with E-state index in [2.05, 4.69) is 15.4 Å². The molecule has 106 valence electrons. The molecule has 2 aromatic rings. The summed E-state index contributed by atoms with van der Waals surface area (Å²) in [6.45, 7) is 1.12. The predicted molar refractivity (Wildman–Crippen MR) is 70.7 cm³/mol. The zero-order valence-corrected chi connectivity index (χ0v) is 11.3. The third-order valence-electron chi connectivity index (χ3n) is 2.52. The van der Waals surface area contributed by atoms with Gasteiger partial charge in [0.1, 0.15) is 0 Å². The average Bonchev–Trinajstić information content (AvgIpc) is 2.74. The minimum Gasteiger partial charge on any atom is -0.378 e. The second kappa shape index (κ2) is 5.56. The van der Waals surface area contributed by atoms with E-state index in [0.717, 1.165) is 17.1 Å². The van der Waals surface area contributed by atoms with Crippen LogP contribution in [0.1, 0.15) is 6.92 Å². The van der Waals surface area contributed by atoms with Crippen molar-refractivity contribution < 1.29 is 14.3 Å². The molecular formula is C12H12ClFN4O2. The molecule has 1 atom stereocenters. The van der Waals surface area contributed by atoms with Crippen LogP contribution in [0.25, 0.3) is 0 Å². The Balaban J connectivity index is 2.07. The number of aliphatic hydroxyl groups is 1. The van der Waals surface area contributed by atoms with E-state index in [1.807, 2.05) is 0 Å². The number of halogens is 2. The van der Waals surface area contributed by atoms with Crippen molar-refractivity contribution in [2.45, 2.75) is 19.1 Å². The van der Waals surface area contributed by atoms with Gasteiger partial charge >= 0.3 is 0 Å². The third kappa shape index (κ3) is 3.52. The number of aromatic nitrogens is 3. The van der Waals surface area contributed by atoms with Crippen LogP contribution in [0.3, 0.4) is 0 Å². The first-order valence-electron chi connectivity index (χ1n) is 5.69. The molecule has 2 heterocycles. The molecule has 0 unspecified atom stereocenters. The van der Waals surface area contributed by atoms with Gasteiger partial charge in [0, 0.05) is 6.20 Å². The van der Waals surface area contributed by atoms with E-state index in [1.54, 1.807) is 0 Å². The summed E-state index contributed by atoms with van der Waals surface area (Å²) < 4.78 is 14.0. The summed E-state index contributed by atoms with van der Waals surface area (Å²) in [5.41, 5.74) is -1.41. The molecule has 2 aromatic heterocycles. The van der Waals surface area contributed by atoms with Gasteiger partial charge in [-0.2, -0.15) is 5.10 Å². The summed E-state index contributed by atoms with van der Waals surface area (Å²) in [7, 11) is 0. The highest BCUT2D eigenvalue weighted by Crippen LogP contribution is 2.16. The fraction of sp³-hybridized carbons (Fsp3) is 0.250. The lowest BCUT2D eigenvalue weighted by Gasteiger charge is -2.22. The van der Waals surface area contributed by atoms with Gasteiger partial charge in [-0.25, -0.2) is 4.39 Å². The molecule has 2 rings (SSSR count). The van der Waals surface area contributed by atoms with E-state index in [1.165, 1.54) is 25.4 Å². The Labute approximate surface area is 119 Å². The number of hydrogen-bond acceptors (Lipinski definition) is 4. The van der Waals surface area contributed by atoms with Crippen LogP contribution in [0, 0.1) is 5.82 Å². The molecule has 0 aromatic carbocycles. The Kier molecular flexibility index (Phi) is 4.01. The van der Waals surface area contributed by atoms with Crippen LogP contribution in [0.15, 0.2) is 30.9 Å². The smallest absolute Gasteiger partial charge is 0.258 e. The van der Waals surface area contributed by atoms with E-state index >= 15 is 0 Å². The molecule has 8 heteroatoms. The minimum absolute atomic E-state index is 0.184. The van der Waals surface area contributed by atoms with Crippen molar-refractivity contribution in [3.05, 3.63) is 41.7 Å². The SMILES string of the molecule is C[C@](O)(Cn1cc(F)cn1)C(=O)Nc1cncc(Cl)c1. The normalized spacial score (nSPS) is 13.8. The highest BCUT2D eigenvalue weighted by molar-refractivity contribution is 6.30. The molecule has 0 saturated carbocycles. The zero-order chi connectivity index (χ0) is 14.8. The van der Waals surface area contributed by atoms with Crippen molar-refractivity contribution in [1.29, 1.82) is 0 Å². The number of nitrogens with zero attached hydrogens (tertiary/aromatic N) is 3. The largest absolute Gasteiger partial charge is 0.378 e. The van der Waals surface area contributed by atoms with Crippen molar-refractivity contribution in [1.82, 2.24) is 14.8 Å². The van der Waals surface area contributed by atoms with Crippen molar-refractivity contribution in [3.63, 3.8) is 0 Å². The van der Waals surface area contributed by atoms with Gasteiger partial charge in [-0.1, -0.05) is 11.6 Å². The molecule has 0 fully saturated rings. The molecule has 20 heavy (non-hydrogen) atoms. The molecule has 0 aliphatic rings. The fourth-order valence-electron chi connectivity index (χ4n) is 1.56. The highest BCUT2D eigenvalue weighted by atomic mass is 35.5. The minimum atomic E-state index is -1.76. The number of anilines is 1. The number of pyridine rings is 1. The first-order valence-corrected chi connectivity index (χ1v) is 6.07. The molecule has 0 spiro atoms. The second-order valence-electron chi connectivity index (χ2n) is 4.48. The van der Waals surface area contributed by atoms with Crippen molar-refractivity contribution in [3.8, 4) is 0 Å². The van der Waals surface area contributed by atoms with Crippen LogP contribution < -0.4 is 5.32 Å². The summed E-state index contributed by atoms with van der Waals surface area (Å²) in [6, 6.07) is 1.50. The second-order valence-corrected chi connectivity index (χ2v) is 4.91. The monoisotopic (exact) mass is 298 g/mol. The molecule has 2 N–H and O–H groups in total. The van der Waals surface area contributed by atoms with Crippen LogP contribution >= 0.6 is 11.6 Å². The zero-order valence-electron chi connectivity index (χ0n) is 10.5. The van der Waals surface area contributed by atoms with E-state index in [0.29, 0.717) is 10.7 Å². The van der Waals surface area contributed by atoms with Crippen LogP contribution in [0.2, 0.25) is 5.02 Å². The molecule has 6 nitrogen and oxygen atoms in total. The lowest BCUT2D eigenvalue weighted by molar-refractivity contribution is -0.133. The van der Waals surface area contributed by atoms with Crippen LogP contribution in [-0.4, -0.2) is 31.4 Å². The first kappa shape index (κ1) is 14.4. The number of amides is 1. The average molecular weight is 299 g/mol. The van der Waals surface area contributed by atoms with E-state index < -0.39 is 17.3 Å².